The molecule has 0 spiro atoms. The summed E-state index contributed by atoms with van der Waals surface area (Å²) in [4.78, 5) is 0. The zero-order valence-electron chi connectivity index (χ0n) is 24.7. The molecule has 0 heteroatoms. The third kappa shape index (κ3) is 11.5. The summed E-state index contributed by atoms with van der Waals surface area (Å²) in [6.45, 7) is 13.9. The van der Waals surface area contributed by atoms with Crippen LogP contribution in [0.4, 0.5) is 0 Å². The quantitative estimate of drug-likeness (QED) is 0.183. The Kier molecular flexibility index (Phi) is 14.9. The zero-order valence-corrected chi connectivity index (χ0v) is 24.7. The molecule has 0 saturated heterocycles. The van der Waals surface area contributed by atoms with E-state index in [1.807, 2.05) is 0 Å². The Balaban J connectivity index is 1.87. The van der Waals surface area contributed by atoms with Crippen LogP contribution in [0.5, 0.6) is 0 Å². The van der Waals surface area contributed by atoms with Crippen molar-refractivity contribution in [2.45, 2.75) is 131 Å². The van der Waals surface area contributed by atoms with Crippen LogP contribution in [0.25, 0.3) is 0 Å². The summed E-state index contributed by atoms with van der Waals surface area (Å²) >= 11 is 0. The summed E-state index contributed by atoms with van der Waals surface area (Å²) in [5.74, 6) is 1.65. The molecule has 0 aliphatic carbocycles. The van der Waals surface area contributed by atoms with E-state index in [1.54, 1.807) is 22.3 Å². The van der Waals surface area contributed by atoms with Crippen molar-refractivity contribution in [1.82, 2.24) is 0 Å². The lowest BCUT2D eigenvalue weighted by atomic mass is 9.88. The maximum atomic E-state index is 2.52. The van der Waals surface area contributed by atoms with E-state index in [9.17, 15) is 0 Å². The zero-order chi connectivity index (χ0) is 26.2. The fourth-order valence-electron chi connectivity index (χ4n) is 5.62. The minimum absolute atomic E-state index is 0.782. The van der Waals surface area contributed by atoms with Crippen molar-refractivity contribution in [3.05, 3.63) is 81.9 Å². The van der Waals surface area contributed by atoms with Gasteiger partial charge in [-0.25, -0.2) is 0 Å². The fourth-order valence-corrected chi connectivity index (χ4v) is 5.62. The van der Waals surface area contributed by atoms with Gasteiger partial charge in [0.2, 0.25) is 0 Å². The van der Waals surface area contributed by atoms with Crippen LogP contribution in [0, 0.1) is 11.8 Å². The largest absolute Gasteiger partial charge is 0.0856 e. The number of allylic oxidation sites excluding steroid dienone is 2. The highest BCUT2D eigenvalue weighted by Crippen LogP contribution is 2.25. The molecule has 2 rings (SSSR count). The lowest BCUT2D eigenvalue weighted by Gasteiger charge is -2.18. The molecule has 0 saturated carbocycles. The smallest absolute Gasteiger partial charge is 0.0239 e. The molecule has 0 aliphatic rings. The molecule has 0 amide bonds. The Morgan fingerprint density at radius 1 is 0.694 bits per heavy atom. The third-order valence-corrected chi connectivity index (χ3v) is 7.92. The van der Waals surface area contributed by atoms with E-state index >= 15 is 0 Å². The van der Waals surface area contributed by atoms with Crippen molar-refractivity contribution < 1.29 is 0 Å². The first-order chi connectivity index (χ1) is 17.5. The summed E-state index contributed by atoms with van der Waals surface area (Å²) in [7, 11) is 0. The Morgan fingerprint density at radius 3 is 2.08 bits per heavy atom. The summed E-state index contributed by atoms with van der Waals surface area (Å²) < 4.78 is 0. The van der Waals surface area contributed by atoms with Gasteiger partial charge in [0, 0.05) is 0 Å². The molecule has 0 bridgehead atoms. The Labute approximate surface area is 225 Å². The average molecular weight is 489 g/mol. The first-order valence-electron chi connectivity index (χ1n) is 15.3. The van der Waals surface area contributed by atoms with Gasteiger partial charge < -0.3 is 0 Å². The van der Waals surface area contributed by atoms with E-state index in [2.05, 4.69) is 90.1 Å². The molecule has 0 fully saturated rings. The molecule has 0 heterocycles. The summed E-state index contributed by atoms with van der Waals surface area (Å²) in [6.07, 6.45) is 20.2. The van der Waals surface area contributed by atoms with Crippen LogP contribution in [0.3, 0.4) is 0 Å². The van der Waals surface area contributed by atoms with E-state index in [0.717, 1.165) is 31.1 Å². The summed E-state index contributed by atoms with van der Waals surface area (Å²) in [6, 6.07) is 16.6. The molecule has 200 valence electrons. The standard InChI is InChI=1S/C36H56/c1-7-13-31(21-22-34-18-12-17-33(27-34)20-19-29(5)6)15-11-16-32(14-8-2)24-26-36-28-30(9-3)23-25-35(36)10-4/h12,14,17-18,23,25,27-29,31H,7-11,13,15-16,19-22,24,26H2,1-6H3. The second kappa shape index (κ2) is 17.6. The van der Waals surface area contributed by atoms with E-state index in [4.69, 9.17) is 0 Å². The van der Waals surface area contributed by atoms with Crippen molar-refractivity contribution >= 4 is 0 Å². The number of benzene rings is 2. The molecule has 1 atom stereocenters. The molecular formula is C36H56. The molecule has 0 aliphatic heterocycles. The Morgan fingerprint density at radius 2 is 1.44 bits per heavy atom. The van der Waals surface area contributed by atoms with Gasteiger partial charge in [-0.1, -0.05) is 115 Å². The van der Waals surface area contributed by atoms with E-state index in [1.165, 1.54) is 81.8 Å². The number of rotatable bonds is 18. The van der Waals surface area contributed by atoms with Crippen LogP contribution in [-0.4, -0.2) is 0 Å². The molecule has 0 nitrogen and oxygen atoms in total. The van der Waals surface area contributed by atoms with Gasteiger partial charge in [-0.15, -0.1) is 0 Å². The molecule has 1 unspecified atom stereocenters. The van der Waals surface area contributed by atoms with E-state index < -0.39 is 0 Å². The van der Waals surface area contributed by atoms with Gasteiger partial charge in [0.1, 0.15) is 0 Å². The second-order valence-electron chi connectivity index (χ2n) is 11.4. The summed E-state index contributed by atoms with van der Waals surface area (Å²) in [5, 5.41) is 0. The van der Waals surface area contributed by atoms with Crippen molar-refractivity contribution in [2.24, 2.45) is 11.8 Å². The van der Waals surface area contributed by atoms with Crippen molar-refractivity contribution in [3.8, 4) is 0 Å². The van der Waals surface area contributed by atoms with Crippen molar-refractivity contribution in [2.75, 3.05) is 0 Å². The van der Waals surface area contributed by atoms with Crippen LogP contribution in [0.2, 0.25) is 0 Å². The molecule has 0 radical (unpaired) electrons. The molecule has 0 N–H and O–H groups in total. The lowest BCUT2D eigenvalue weighted by Crippen LogP contribution is -2.04. The first kappa shape index (κ1) is 30.4. The Hall–Kier alpha value is -1.82. The number of hydrogen-bond acceptors (Lipinski definition) is 0. The SMILES string of the molecule is CCC=C(CCCC(CCC)CCc1cccc(CCC(C)C)c1)CCc1cc(CC)ccc1CC. The fraction of sp³-hybridized carbons (Fsp3) is 0.611. The monoisotopic (exact) mass is 488 g/mol. The van der Waals surface area contributed by atoms with Crippen molar-refractivity contribution in [1.29, 1.82) is 0 Å². The topological polar surface area (TPSA) is 0 Å². The highest BCUT2D eigenvalue weighted by molar-refractivity contribution is 5.33. The molecule has 36 heavy (non-hydrogen) atoms. The van der Waals surface area contributed by atoms with Gasteiger partial charge in [0.15, 0.2) is 0 Å². The number of aryl methyl sites for hydroxylation is 5. The number of hydrogen-bond donors (Lipinski definition) is 0. The van der Waals surface area contributed by atoms with E-state index in [-0.39, 0.29) is 0 Å². The average Bonchev–Trinajstić information content (AvgIpc) is 2.89. The third-order valence-electron chi connectivity index (χ3n) is 7.92. The molecule has 0 aromatic heterocycles. The first-order valence-corrected chi connectivity index (χ1v) is 15.3. The van der Waals surface area contributed by atoms with Crippen LogP contribution in [0.1, 0.15) is 127 Å². The minimum atomic E-state index is 0.782. The van der Waals surface area contributed by atoms with Gasteiger partial charge in [0.05, 0.1) is 0 Å². The minimum Gasteiger partial charge on any atom is -0.0856 e. The van der Waals surface area contributed by atoms with Crippen LogP contribution >= 0.6 is 0 Å². The second-order valence-corrected chi connectivity index (χ2v) is 11.4. The van der Waals surface area contributed by atoms with Gasteiger partial charge in [-0.2, -0.15) is 0 Å². The van der Waals surface area contributed by atoms with Crippen LogP contribution < -0.4 is 0 Å². The molecule has 2 aromatic carbocycles. The highest BCUT2D eigenvalue weighted by Gasteiger charge is 2.11. The predicted octanol–water partition coefficient (Wildman–Crippen LogP) is 10.9. The van der Waals surface area contributed by atoms with E-state index in [0.29, 0.717) is 0 Å². The van der Waals surface area contributed by atoms with Crippen LogP contribution in [-0.2, 0) is 32.1 Å². The molecular weight excluding hydrogens is 432 g/mol. The Bertz CT molecular complexity index is 885. The maximum absolute atomic E-state index is 2.52. The van der Waals surface area contributed by atoms with Gasteiger partial charge >= 0.3 is 0 Å². The van der Waals surface area contributed by atoms with Crippen molar-refractivity contribution in [3.63, 3.8) is 0 Å². The van der Waals surface area contributed by atoms with Crippen LogP contribution in [0.15, 0.2) is 54.1 Å². The maximum Gasteiger partial charge on any atom is -0.0239 e. The lowest BCUT2D eigenvalue weighted by molar-refractivity contribution is 0.403. The molecule has 2 aromatic rings. The summed E-state index contributed by atoms with van der Waals surface area (Å²) in [5.41, 5.74) is 9.37. The highest BCUT2D eigenvalue weighted by atomic mass is 14.2. The van der Waals surface area contributed by atoms with Gasteiger partial charge in [-0.05, 0) is 110 Å². The normalized spacial score (nSPS) is 12.9. The van der Waals surface area contributed by atoms with Gasteiger partial charge in [0.25, 0.3) is 0 Å². The van der Waals surface area contributed by atoms with Gasteiger partial charge in [-0.3, -0.25) is 0 Å². The predicted molar refractivity (Wildman–Crippen MR) is 162 cm³/mol.